The number of benzene rings is 1. The van der Waals surface area contributed by atoms with Crippen LogP contribution in [0.5, 0.6) is 0 Å². The highest BCUT2D eigenvalue weighted by Gasteiger charge is 2.18. The van der Waals surface area contributed by atoms with E-state index in [1.165, 1.54) is 36.6 Å². The maximum Gasteiger partial charge on any atom is 0.227 e. The van der Waals surface area contributed by atoms with E-state index < -0.39 is 0 Å². The molecule has 0 saturated carbocycles. The van der Waals surface area contributed by atoms with Gasteiger partial charge in [-0.15, -0.1) is 10.2 Å². The Morgan fingerprint density at radius 2 is 1.83 bits per heavy atom. The number of carbonyl (C=O) groups excluding carboxylic acids is 1. The molecule has 7 heteroatoms. The number of likely N-dealkylation sites (tertiary alicyclic amines) is 1. The minimum absolute atomic E-state index is 0.219. The standard InChI is InChI=1S/C17H23N5OS/c18-15(23)13-24-17-20-19-16(12-21-9-5-2-6-10-21)22(17)11-14-7-3-1-4-8-14/h1,3-4,7-8H,2,5-6,9-13H2,(H2,18,23). The Hall–Kier alpha value is -1.86. The molecule has 1 saturated heterocycles. The summed E-state index contributed by atoms with van der Waals surface area (Å²) in [5, 5.41) is 9.43. The molecule has 1 fully saturated rings. The van der Waals surface area contributed by atoms with Crippen LogP contribution in [-0.2, 0) is 17.9 Å². The van der Waals surface area contributed by atoms with Crippen molar-refractivity contribution >= 4 is 17.7 Å². The van der Waals surface area contributed by atoms with Gasteiger partial charge in [-0.1, -0.05) is 48.5 Å². The lowest BCUT2D eigenvalue weighted by Crippen LogP contribution is -2.30. The Kier molecular flexibility index (Phi) is 5.87. The summed E-state index contributed by atoms with van der Waals surface area (Å²) in [6, 6.07) is 10.2. The van der Waals surface area contributed by atoms with E-state index in [1.54, 1.807) is 0 Å². The third-order valence-corrected chi connectivity index (χ3v) is 5.12. The van der Waals surface area contributed by atoms with Gasteiger partial charge in [-0.3, -0.25) is 9.69 Å². The zero-order chi connectivity index (χ0) is 16.8. The fraction of sp³-hybridized carbons (Fsp3) is 0.471. The quantitative estimate of drug-likeness (QED) is 0.776. The number of primary amides is 1. The molecule has 1 aliphatic heterocycles. The molecule has 0 aliphatic carbocycles. The summed E-state index contributed by atoms with van der Waals surface area (Å²) in [5.74, 6) is 0.830. The van der Waals surface area contributed by atoms with Crippen molar-refractivity contribution in [3.8, 4) is 0 Å². The van der Waals surface area contributed by atoms with E-state index in [2.05, 4.69) is 31.8 Å². The average molecular weight is 345 g/mol. The van der Waals surface area contributed by atoms with Crippen molar-refractivity contribution in [2.24, 2.45) is 5.73 Å². The summed E-state index contributed by atoms with van der Waals surface area (Å²) >= 11 is 1.35. The highest BCUT2D eigenvalue weighted by atomic mass is 32.2. The van der Waals surface area contributed by atoms with Crippen molar-refractivity contribution in [1.29, 1.82) is 0 Å². The first-order valence-electron chi connectivity index (χ1n) is 8.32. The Bertz CT molecular complexity index is 667. The molecule has 2 heterocycles. The summed E-state index contributed by atoms with van der Waals surface area (Å²) in [6.45, 7) is 3.74. The molecule has 6 nitrogen and oxygen atoms in total. The van der Waals surface area contributed by atoms with Crippen LogP contribution in [0, 0.1) is 0 Å². The largest absolute Gasteiger partial charge is 0.369 e. The summed E-state index contributed by atoms with van der Waals surface area (Å²) in [5.41, 5.74) is 6.47. The van der Waals surface area contributed by atoms with Crippen LogP contribution in [0.2, 0.25) is 0 Å². The van der Waals surface area contributed by atoms with Gasteiger partial charge in [0, 0.05) is 0 Å². The summed E-state index contributed by atoms with van der Waals surface area (Å²) < 4.78 is 2.11. The number of rotatable bonds is 7. The van der Waals surface area contributed by atoms with Crippen molar-refractivity contribution in [1.82, 2.24) is 19.7 Å². The second kappa shape index (κ2) is 8.30. The molecule has 2 aromatic rings. The number of piperidine rings is 1. The van der Waals surface area contributed by atoms with Gasteiger partial charge in [0.1, 0.15) is 5.82 Å². The van der Waals surface area contributed by atoms with Gasteiger partial charge in [0.25, 0.3) is 0 Å². The van der Waals surface area contributed by atoms with Crippen molar-refractivity contribution in [2.45, 2.75) is 37.5 Å². The molecule has 1 aliphatic rings. The van der Waals surface area contributed by atoms with Crippen molar-refractivity contribution in [3.05, 3.63) is 41.7 Å². The Labute approximate surface area is 146 Å². The van der Waals surface area contributed by atoms with Gasteiger partial charge in [-0.25, -0.2) is 0 Å². The average Bonchev–Trinajstić information content (AvgIpc) is 2.96. The molecular weight excluding hydrogens is 322 g/mol. The summed E-state index contributed by atoms with van der Waals surface area (Å²) in [4.78, 5) is 13.5. The van der Waals surface area contributed by atoms with E-state index in [4.69, 9.17) is 5.73 Å². The van der Waals surface area contributed by atoms with Gasteiger partial charge >= 0.3 is 0 Å². The number of hydrogen-bond acceptors (Lipinski definition) is 5. The first-order chi connectivity index (χ1) is 11.7. The highest BCUT2D eigenvalue weighted by Crippen LogP contribution is 2.20. The minimum Gasteiger partial charge on any atom is -0.369 e. The van der Waals surface area contributed by atoms with E-state index in [0.717, 1.165) is 30.6 Å². The molecular formula is C17H23N5OS. The van der Waals surface area contributed by atoms with Gasteiger partial charge in [0.05, 0.1) is 18.8 Å². The van der Waals surface area contributed by atoms with E-state index >= 15 is 0 Å². The number of hydrogen-bond donors (Lipinski definition) is 1. The smallest absolute Gasteiger partial charge is 0.227 e. The topological polar surface area (TPSA) is 77.0 Å². The Morgan fingerprint density at radius 3 is 2.54 bits per heavy atom. The van der Waals surface area contributed by atoms with Gasteiger partial charge in [0.15, 0.2) is 5.16 Å². The lowest BCUT2D eigenvalue weighted by atomic mass is 10.1. The summed E-state index contributed by atoms with van der Waals surface area (Å²) in [6.07, 6.45) is 3.80. The Morgan fingerprint density at radius 1 is 1.08 bits per heavy atom. The van der Waals surface area contributed by atoms with E-state index in [0.29, 0.717) is 6.54 Å². The maximum atomic E-state index is 11.1. The van der Waals surface area contributed by atoms with Crippen LogP contribution in [0.3, 0.4) is 0 Å². The lowest BCUT2D eigenvalue weighted by molar-refractivity contribution is -0.115. The zero-order valence-electron chi connectivity index (χ0n) is 13.7. The Balaban J connectivity index is 1.79. The predicted octanol–water partition coefficient (Wildman–Crippen LogP) is 1.89. The lowest BCUT2D eigenvalue weighted by Gasteiger charge is -2.26. The molecule has 0 unspecified atom stereocenters. The molecule has 3 rings (SSSR count). The number of amides is 1. The monoisotopic (exact) mass is 345 g/mol. The van der Waals surface area contributed by atoms with Crippen molar-refractivity contribution < 1.29 is 4.79 Å². The van der Waals surface area contributed by atoms with Gasteiger partial charge in [0.2, 0.25) is 5.91 Å². The third kappa shape index (κ3) is 4.58. The molecule has 1 aromatic carbocycles. The molecule has 24 heavy (non-hydrogen) atoms. The van der Waals surface area contributed by atoms with Crippen molar-refractivity contribution in [3.63, 3.8) is 0 Å². The third-order valence-electron chi connectivity index (χ3n) is 4.13. The second-order valence-electron chi connectivity index (χ2n) is 6.06. The molecule has 0 radical (unpaired) electrons. The van der Waals surface area contributed by atoms with Crippen molar-refractivity contribution in [2.75, 3.05) is 18.8 Å². The molecule has 0 bridgehead atoms. The van der Waals surface area contributed by atoms with Gasteiger partial charge < -0.3 is 10.3 Å². The number of thioether (sulfide) groups is 1. The normalized spacial score (nSPS) is 15.5. The van der Waals surface area contributed by atoms with Gasteiger partial charge in [-0.2, -0.15) is 0 Å². The number of carbonyl (C=O) groups is 1. The van der Waals surface area contributed by atoms with E-state index in [1.807, 2.05) is 18.2 Å². The molecule has 1 amide bonds. The molecule has 128 valence electrons. The predicted molar refractivity (Wildman–Crippen MR) is 94.6 cm³/mol. The van der Waals surface area contributed by atoms with Crippen LogP contribution in [-0.4, -0.2) is 44.4 Å². The molecule has 1 aromatic heterocycles. The molecule has 0 spiro atoms. The second-order valence-corrected chi connectivity index (χ2v) is 7.00. The molecule has 2 N–H and O–H groups in total. The number of nitrogens with two attached hydrogens (primary N) is 1. The van der Waals surface area contributed by atoms with E-state index in [-0.39, 0.29) is 11.7 Å². The first-order valence-corrected chi connectivity index (χ1v) is 9.30. The fourth-order valence-electron chi connectivity index (χ4n) is 2.92. The maximum absolute atomic E-state index is 11.1. The number of nitrogens with zero attached hydrogens (tertiary/aromatic N) is 4. The number of aromatic nitrogens is 3. The van der Waals surface area contributed by atoms with Crippen LogP contribution in [0.25, 0.3) is 0 Å². The van der Waals surface area contributed by atoms with Crippen LogP contribution >= 0.6 is 11.8 Å². The highest BCUT2D eigenvalue weighted by molar-refractivity contribution is 7.99. The summed E-state index contributed by atoms with van der Waals surface area (Å²) in [7, 11) is 0. The van der Waals surface area contributed by atoms with Crippen LogP contribution < -0.4 is 5.73 Å². The molecule has 0 atom stereocenters. The zero-order valence-corrected chi connectivity index (χ0v) is 14.5. The van der Waals surface area contributed by atoms with Crippen LogP contribution in [0.4, 0.5) is 0 Å². The van der Waals surface area contributed by atoms with E-state index in [9.17, 15) is 4.79 Å². The SMILES string of the molecule is NC(=O)CSc1nnc(CN2CCCCC2)n1Cc1ccccc1. The minimum atomic E-state index is -0.341. The fourth-order valence-corrected chi connectivity index (χ4v) is 3.62. The first kappa shape index (κ1) is 17.0. The van der Waals surface area contributed by atoms with Crippen LogP contribution in [0.1, 0.15) is 30.7 Å². The van der Waals surface area contributed by atoms with Crippen LogP contribution in [0.15, 0.2) is 35.5 Å². The van der Waals surface area contributed by atoms with Gasteiger partial charge in [-0.05, 0) is 31.5 Å².